The fourth-order valence-corrected chi connectivity index (χ4v) is 4.99. The van der Waals surface area contributed by atoms with Gasteiger partial charge in [0.25, 0.3) is 5.91 Å². The third kappa shape index (κ3) is 5.61. The summed E-state index contributed by atoms with van der Waals surface area (Å²) in [5, 5.41) is 7.58. The SMILES string of the molecule is CCOC(=O)c1ccc(N[C@H](c2ccccc2)c2c(NC(=O)c3ccccc3)sc(C)c2C)cc1. The highest BCUT2D eigenvalue weighted by atomic mass is 32.1. The van der Waals surface area contributed by atoms with Gasteiger partial charge in [-0.3, -0.25) is 4.79 Å². The molecule has 0 fully saturated rings. The predicted molar refractivity (Wildman–Crippen MR) is 142 cm³/mol. The van der Waals surface area contributed by atoms with Crippen LogP contribution in [0, 0.1) is 13.8 Å². The zero-order valence-corrected chi connectivity index (χ0v) is 20.8. The first-order chi connectivity index (χ1) is 17.0. The lowest BCUT2D eigenvalue weighted by Gasteiger charge is -2.23. The molecule has 0 aliphatic heterocycles. The molecule has 1 amide bonds. The molecule has 4 rings (SSSR count). The topological polar surface area (TPSA) is 67.4 Å². The van der Waals surface area contributed by atoms with E-state index in [4.69, 9.17) is 4.74 Å². The van der Waals surface area contributed by atoms with Gasteiger partial charge >= 0.3 is 5.97 Å². The van der Waals surface area contributed by atoms with E-state index in [9.17, 15) is 9.59 Å². The lowest BCUT2D eigenvalue weighted by atomic mass is 9.96. The molecule has 3 aromatic carbocycles. The molecule has 0 spiro atoms. The molecule has 0 aliphatic carbocycles. The molecule has 0 bridgehead atoms. The van der Waals surface area contributed by atoms with Crippen LogP contribution in [-0.2, 0) is 4.74 Å². The molecule has 0 radical (unpaired) electrons. The molecule has 0 saturated heterocycles. The Bertz CT molecular complexity index is 1300. The monoisotopic (exact) mass is 484 g/mol. The Hall–Kier alpha value is -3.90. The van der Waals surface area contributed by atoms with Crippen molar-refractivity contribution in [2.75, 3.05) is 17.2 Å². The van der Waals surface area contributed by atoms with E-state index in [0.29, 0.717) is 17.7 Å². The number of esters is 1. The van der Waals surface area contributed by atoms with Crippen molar-refractivity contribution in [3.05, 3.63) is 118 Å². The van der Waals surface area contributed by atoms with Crippen LogP contribution < -0.4 is 10.6 Å². The molecule has 0 aliphatic rings. The molecule has 1 aromatic heterocycles. The van der Waals surface area contributed by atoms with Crippen molar-refractivity contribution in [2.24, 2.45) is 0 Å². The summed E-state index contributed by atoms with van der Waals surface area (Å²) in [4.78, 5) is 26.2. The van der Waals surface area contributed by atoms with Gasteiger partial charge in [-0.2, -0.15) is 0 Å². The van der Waals surface area contributed by atoms with Gasteiger partial charge in [0.05, 0.1) is 18.2 Å². The van der Waals surface area contributed by atoms with Crippen molar-refractivity contribution < 1.29 is 14.3 Å². The standard InChI is InChI=1S/C29H28N2O3S/c1-4-34-29(33)23-15-17-24(18-16-23)30-26(21-11-7-5-8-12-21)25-19(2)20(3)35-28(25)31-27(32)22-13-9-6-10-14-22/h5-18,26,30H,4H2,1-3H3,(H,31,32)/t26-/m1/s1. The maximum absolute atomic E-state index is 13.0. The third-order valence-electron chi connectivity index (χ3n) is 5.82. The molecular formula is C29H28N2O3S. The van der Waals surface area contributed by atoms with Gasteiger partial charge in [0.1, 0.15) is 5.00 Å². The molecule has 178 valence electrons. The van der Waals surface area contributed by atoms with Crippen molar-refractivity contribution in [3.63, 3.8) is 0 Å². The van der Waals surface area contributed by atoms with Gasteiger partial charge in [0.2, 0.25) is 0 Å². The lowest BCUT2D eigenvalue weighted by Crippen LogP contribution is -2.17. The van der Waals surface area contributed by atoms with Crippen LogP contribution in [0.2, 0.25) is 0 Å². The predicted octanol–water partition coefficient (Wildman–Crippen LogP) is 7.00. The minimum Gasteiger partial charge on any atom is -0.462 e. The maximum Gasteiger partial charge on any atom is 0.338 e. The molecule has 35 heavy (non-hydrogen) atoms. The number of ether oxygens (including phenoxy) is 1. The highest BCUT2D eigenvalue weighted by Crippen LogP contribution is 2.41. The average molecular weight is 485 g/mol. The number of amides is 1. The van der Waals surface area contributed by atoms with Crippen LogP contribution in [-0.4, -0.2) is 18.5 Å². The largest absolute Gasteiger partial charge is 0.462 e. The number of hydrogen-bond acceptors (Lipinski definition) is 5. The second kappa shape index (κ2) is 11.0. The highest BCUT2D eigenvalue weighted by molar-refractivity contribution is 7.16. The summed E-state index contributed by atoms with van der Waals surface area (Å²) < 4.78 is 5.10. The van der Waals surface area contributed by atoms with Crippen LogP contribution in [0.4, 0.5) is 10.7 Å². The van der Waals surface area contributed by atoms with E-state index in [0.717, 1.165) is 32.3 Å². The van der Waals surface area contributed by atoms with Gasteiger partial charge in [-0.15, -0.1) is 11.3 Å². The number of hydrogen-bond donors (Lipinski definition) is 2. The molecule has 0 unspecified atom stereocenters. The van der Waals surface area contributed by atoms with E-state index < -0.39 is 0 Å². The summed E-state index contributed by atoms with van der Waals surface area (Å²) in [5.41, 5.74) is 5.20. The van der Waals surface area contributed by atoms with Crippen molar-refractivity contribution >= 4 is 33.9 Å². The maximum atomic E-state index is 13.0. The molecule has 4 aromatic rings. The van der Waals surface area contributed by atoms with Crippen LogP contribution in [0.1, 0.15) is 55.2 Å². The van der Waals surface area contributed by atoms with Crippen LogP contribution in [0.15, 0.2) is 84.9 Å². The number of nitrogens with one attached hydrogen (secondary N) is 2. The fourth-order valence-electron chi connectivity index (χ4n) is 3.90. The molecule has 1 atom stereocenters. The highest BCUT2D eigenvalue weighted by Gasteiger charge is 2.25. The van der Waals surface area contributed by atoms with Crippen molar-refractivity contribution in [1.29, 1.82) is 0 Å². The number of thiophene rings is 1. The Kier molecular flexibility index (Phi) is 7.63. The second-order valence-corrected chi connectivity index (χ2v) is 9.36. The Labute approximate surface area is 209 Å². The van der Waals surface area contributed by atoms with Gasteiger partial charge in [-0.25, -0.2) is 4.79 Å². The van der Waals surface area contributed by atoms with Crippen molar-refractivity contribution in [3.8, 4) is 0 Å². The van der Waals surface area contributed by atoms with E-state index in [1.165, 1.54) is 0 Å². The number of anilines is 2. The molecule has 6 heteroatoms. The Morgan fingerprint density at radius 2 is 1.49 bits per heavy atom. The fraction of sp³-hybridized carbons (Fsp3) is 0.172. The summed E-state index contributed by atoms with van der Waals surface area (Å²) in [5.74, 6) is -0.479. The summed E-state index contributed by atoms with van der Waals surface area (Å²) in [7, 11) is 0. The Balaban J connectivity index is 1.70. The van der Waals surface area contributed by atoms with E-state index in [1.54, 1.807) is 42.5 Å². The van der Waals surface area contributed by atoms with Gasteiger partial charge in [-0.1, -0.05) is 48.5 Å². The van der Waals surface area contributed by atoms with E-state index in [2.05, 4.69) is 36.6 Å². The third-order valence-corrected chi connectivity index (χ3v) is 6.96. The van der Waals surface area contributed by atoms with Gasteiger partial charge in [-0.05, 0) is 68.3 Å². The van der Waals surface area contributed by atoms with Crippen LogP contribution >= 0.6 is 11.3 Å². The number of aryl methyl sites for hydroxylation is 1. The van der Waals surface area contributed by atoms with E-state index >= 15 is 0 Å². The van der Waals surface area contributed by atoms with Gasteiger partial charge in [0, 0.05) is 21.7 Å². The van der Waals surface area contributed by atoms with Crippen LogP contribution in [0.25, 0.3) is 0 Å². The average Bonchev–Trinajstić information content (AvgIpc) is 3.16. The molecule has 5 nitrogen and oxygen atoms in total. The summed E-state index contributed by atoms with van der Waals surface area (Å²) in [6, 6.07) is 26.4. The Morgan fingerprint density at radius 1 is 0.857 bits per heavy atom. The lowest BCUT2D eigenvalue weighted by molar-refractivity contribution is 0.0526. The van der Waals surface area contributed by atoms with Gasteiger partial charge < -0.3 is 15.4 Å². The van der Waals surface area contributed by atoms with Crippen molar-refractivity contribution in [2.45, 2.75) is 26.8 Å². The molecular weight excluding hydrogens is 456 g/mol. The Morgan fingerprint density at radius 3 is 2.11 bits per heavy atom. The second-order valence-electron chi connectivity index (χ2n) is 8.13. The molecule has 2 N–H and O–H groups in total. The zero-order valence-electron chi connectivity index (χ0n) is 20.0. The van der Waals surface area contributed by atoms with Crippen LogP contribution in [0.3, 0.4) is 0 Å². The first-order valence-corrected chi connectivity index (χ1v) is 12.3. The minimum absolute atomic E-state index is 0.140. The summed E-state index contributed by atoms with van der Waals surface area (Å²) >= 11 is 1.58. The quantitative estimate of drug-likeness (QED) is 0.264. The van der Waals surface area contributed by atoms with Crippen LogP contribution in [0.5, 0.6) is 0 Å². The first-order valence-electron chi connectivity index (χ1n) is 11.5. The number of rotatable bonds is 8. The summed E-state index contributed by atoms with van der Waals surface area (Å²) in [6.45, 7) is 6.28. The van der Waals surface area contributed by atoms with E-state index in [-0.39, 0.29) is 17.9 Å². The summed E-state index contributed by atoms with van der Waals surface area (Å²) in [6.07, 6.45) is 0. The zero-order chi connectivity index (χ0) is 24.8. The number of carbonyl (C=O) groups is 2. The minimum atomic E-state index is -0.339. The first kappa shape index (κ1) is 24.2. The van der Waals surface area contributed by atoms with Gasteiger partial charge in [0.15, 0.2) is 0 Å². The van der Waals surface area contributed by atoms with Crippen molar-refractivity contribution in [1.82, 2.24) is 0 Å². The molecule has 0 saturated carbocycles. The number of benzene rings is 3. The number of carbonyl (C=O) groups excluding carboxylic acids is 2. The smallest absolute Gasteiger partial charge is 0.338 e. The molecule has 1 heterocycles. The normalized spacial score (nSPS) is 11.5. The van der Waals surface area contributed by atoms with E-state index in [1.807, 2.05) is 48.5 Å².